The van der Waals surface area contributed by atoms with E-state index in [4.69, 9.17) is 0 Å². The van der Waals surface area contributed by atoms with Gasteiger partial charge in [-0.1, -0.05) is 31.0 Å². The maximum absolute atomic E-state index is 11.8. The highest BCUT2D eigenvalue weighted by Gasteiger charge is 2.12. The van der Waals surface area contributed by atoms with Gasteiger partial charge in [-0.3, -0.25) is 9.59 Å². The summed E-state index contributed by atoms with van der Waals surface area (Å²) in [7, 11) is 1.66. The zero-order valence-electron chi connectivity index (χ0n) is 11.9. The van der Waals surface area contributed by atoms with Crippen LogP contribution in [-0.4, -0.2) is 30.3 Å². The molecule has 104 valence electrons. The molecular weight excluding hydrogens is 240 g/mol. The first-order chi connectivity index (χ1) is 9.02. The zero-order valence-corrected chi connectivity index (χ0v) is 11.9. The van der Waals surface area contributed by atoms with Gasteiger partial charge in [0.2, 0.25) is 11.8 Å². The Hall–Kier alpha value is -1.84. The molecule has 0 saturated heterocycles. The third-order valence-corrected chi connectivity index (χ3v) is 2.89. The van der Waals surface area contributed by atoms with Crippen LogP contribution in [0.4, 0.5) is 5.69 Å². The average molecular weight is 262 g/mol. The molecule has 0 aliphatic heterocycles. The summed E-state index contributed by atoms with van der Waals surface area (Å²) in [6.07, 6.45) is 2.35. The summed E-state index contributed by atoms with van der Waals surface area (Å²) in [5, 5.41) is 2.78. The Bertz CT molecular complexity index is 426. The molecule has 0 radical (unpaired) electrons. The van der Waals surface area contributed by atoms with Crippen LogP contribution in [0.3, 0.4) is 0 Å². The van der Waals surface area contributed by atoms with Crippen molar-refractivity contribution in [3.63, 3.8) is 0 Å². The number of carbonyl (C=O) groups is 2. The van der Waals surface area contributed by atoms with Gasteiger partial charge in [-0.05, 0) is 25.5 Å². The predicted octanol–water partition coefficient (Wildman–Crippen LogP) is 2.58. The van der Waals surface area contributed by atoms with Crippen molar-refractivity contribution >= 4 is 17.5 Å². The lowest BCUT2D eigenvalue weighted by atomic mass is 10.2. The summed E-state index contributed by atoms with van der Waals surface area (Å²) >= 11 is 0. The van der Waals surface area contributed by atoms with Crippen molar-refractivity contribution in [3.05, 3.63) is 29.8 Å². The SMILES string of the molecule is CCCCC(=O)N(C)CC(=O)Nc1ccc(C)cc1. The number of carbonyl (C=O) groups excluding carboxylic acids is 2. The smallest absolute Gasteiger partial charge is 0.243 e. The number of aryl methyl sites for hydroxylation is 1. The number of nitrogens with one attached hydrogen (secondary N) is 1. The van der Waals surface area contributed by atoms with E-state index in [1.54, 1.807) is 7.05 Å². The van der Waals surface area contributed by atoms with Gasteiger partial charge < -0.3 is 10.2 Å². The predicted molar refractivity (Wildman–Crippen MR) is 77.0 cm³/mol. The van der Waals surface area contributed by atoms with Gasteiger partial charge >= 0.3 is 0 Å². The van der Waals surface area contributed by atoms with Gasteiger partial charge in [-0.15, -0.1) is 0 Å². The van der Waals surface area contributed by atoms with Crippen molar-refractivity contribution in [1.82, 2.24) is 4.90 Å². The first kappa shape index (κ1) is 15.2. The van der Waals surface area contributed by atoms with Gasteiger partial charge in [0.25, 0.3) is 0 Å². The van der Waals surface area contributed by atoms with Crippen LogP contribution < -0.4 is 5.32 Å². The third-order valence-electron chi connectivity index (χ3n) is 2.89. The van der Waals surface area contributed by atoms with Crippen molar-refractivity contribution < 1.29 is 9.59 Å². The standard InChI is InChI=1S/C15H22N2O2/c1-4-5-6-15(19)17(3)11-14(18)16-13-9-7-12(2)8-10-13/h7-10H,4-6,11H2,1-3H3,(H,16,18). The second-order valence-corrected chi connectivity index (χ2v) is 4.77. The molecule has 0 aliphatic rings. The molecule has 0 spiro atoms. The number of unbranched alkanes of at least 4 members (excludes halogenated alkanes) is 1. The van der Waals surface area contributed by atoms with Crippen LogP contribution in [0.2, 0.25) is 0 Å². The van der Waals surface area contributed by atoms with Gasteiger partial charge in [0, 0.05) is 19.2 Å². The van der Waals surface area contributed by atoms with Gasteiger partial charge in [-0.2, -0.15) is 0 Å². The van der Waals surface area contributed by atoms with Gasteiger partial charge in [0.1, 0.15) is 0 Å². The molecule has 0 atom stereocenters. The van der Waals surface area contributed by atoms with E-state index in [1.165, 1.54) is 4.90 Å². The molecule has 4 heteroatoms. The van der Waals surface area contributed by atoms with Crippen molar-refractivity contribution in [3.8, 4) is 0 Å². The molecule has 0 unspecified atom stereocenters. The normalized spacial score (nSPS) is 10.1. The van der Waals surface area contributed by atoms with E-state index in [2.05, 4.69) is 5.32 Å². The number of benzene rings is 1. The highest BCUT2D eigenvalue weighted by atomic mass is 16.2. The molecule has 19 heavy (non-hydrogen) atoms. The van der Waals surface area contributed by atoms with Gasteiger partial charge in [0.15, 0.2) is 0 Å². The van der Waals surface area contributed by atoms with E-state index < -0.39 is 0 Å². The summed E-state index contributed by atoms with van der Waals surface area (Å²) < 4.78 is 0. The monoisotopic (exact) mass is 262 g/mol. The second kappa shape index (κ2) is 7.56. The highest BCUT2D eigenvalue weighted by Crippen LogP contribution is 2.08. The zero-order chi connectivity index (χ0) is 14.3. The summed E-state index contributed by atoms with van der Waals surface area (Å²) in [6.45, 7) is 4.12. The Morgan fingerprint density at radius 3 is 2.42 bits per heavy atom. The average Bonchev–Trinajstić information content (AvgIpc) is 2.38. The van der Waals surface area contributed by atoms with Crippen LogP contribution >= 0.6 is 0 Å². The van der Waals surface area contributed by atoms with E-state index in [9.17, 15) is 9.59 Å². The molecule has 1 rings (SSSR count). The van der Waals surface area contributed by atoms with E-state index in [1.807, 2.05) is 38.1 Å². The lowest BCUT2D eigenvalue weighted by Gasteiger charge is -2.16. The molecule has 4 nitrogen and oxygen atoms in total. The van der Waals surface area contributed by atoms with E-state index in [0.717, 1.165) is 24.1 Å². The van der Waals surface area contributed by atoms with Crippen molar-refractivity contribution in [2.45, 2.75) is 33.1 Å². The van der Waals surface area contributed by atoms with Crippen LogP contribution in [0.5, 0.6) is 0 Å². The Labute approximate surface area is 114 Å². The van der Waals surface area contributed by atoms with Gasteiger partial charge in [0.05, 0.1) is 6.54 Å². The summed E-state index contributed by atoms with van der Waals surface area (Å²) in [5.74, 6) is -0.155. The minimum Gasteiger partial charge on any atom is -0.336 e. The largest absolute Gasteiger partial charge is 0.336 e. The molecule has 1 aromatic rings. The second-order valence-electron chi connectivity index (χ2n) is 4.77. The number of hydrogen-bond acceptors (Lipinski definition) is 2. The first-order valence-electron chi connectivity index (χ1n) is 6.63. The molecule has 2 amide bonds. The maximum Gasteiger partial charge on any atom is 0.243 e. The van der Waals surface area contributed by atoms with Crippen LogP contribution in [0, 0.1) is 6.92 Å². The molecule has 1 aromatic carbocycles. The summed E-state index contributed by atoms with van der Waals surface area (Å²) in [5.41, 5.74) is 1.90. The molecule has 0 saturated carbocycles. The minimum atomic E-state index is -0.170. The van der Waals surface area contributed by atoms with Crippen molar-refractivity contribution in [2.75, 3.05) is 18.9 Å². The quantitative estimate of drug-likeness (QED) is 0.856. The lowest BCUT2D eigenvalue weighted by molar-refractivity contribution is -0.133. The summed E-state index contributed by atoms with van der Waals surface area (Å²) in [4.78, 5) is 24.9. The van der Waals surface area contributed by atoms with Crippen molar-refractivity contribution in [2.24, 2.45) is 0 Å². The fourth-order valence-corrected chi connectivity index (χ4v) is 1.66. The van der Waals surface area contributed by atoms with E-state index >= 15 is 0 Å². The van der Waals surface area contributed by atoms with Crippen LogP contribution in [0.15, 0.2) is 24.3 Å². The Balaban J connectivity index is 2.42. The van der Waals surface area contributed by atoms with Crippen molar-refractivity contribution in [1.29, 1.82) is 0 Å². The van der Waals surface area contributed by atoms with E-state index in [0.29, 0.717) is 6.42 Å². The minimum absolute atomic E-state index is 0.0147. The number of rotatable bonds is 6. The molecule has 0 aliphatic carbocycles. The molecule has 0 fully saturated rings. The maximum atomic E-state index is 11.8. The van der Waals surface area contributed by atoms with Crippen LogP contribution in [0.1, 0.15) is 31.7 Å². The number of likely N-dealkylation sites (N-methyl/N-ethyl adjacent to an activating group) is 1. The Morgan fingerprint density at radius 2 is 1.84 bits per heavy atom. The van der Waals surface area contributed by atoms with Gasteiger partial charge in [-0.25, -0.2) is 0 Å². The fraction of sp³-hybridized carbons (Fsp3) is 0.467. The lowest BCUT2D eigenvalue weighted by Crippen LogP contribution is -2.34. The highest BCUT2D eigenvalue weighted by molar-refractivity contribution is 5.94. The molecule has 0 bridgehead atoms. The fourth-order valence-electron chi connectivity index (χ4n) is 1.66. The molecule has 0 aromatic heterocycles. The molecule has 0 heterocycles. The molecular formula is C15H22N2O2. The topological polar surface area (TPSA) is 49.4 Å². The van der Waals surface area contributed by atoms with Crippen LogP contribution in [0.25, 0.3) is 0 Å². The number of nitrogens with zero attached hydrogens (tertiary/aromatic N) is 1. The number of hydrogen-bond donors (Lipinski definition) is 1. The van der Waals surface area contributed by atoms with Crippen LogP contribution in [-0.2, 0) is 9.59 Å². The molecule has 1 N–H and O–H groups in total. The number of amides is 2. The third kappa shape index (κ3) is 5.55. The number of anilines is 1. The summed E-state index contributed by atoms with van der Waals surface area (Å²) in [6, 6.07) is 7.58. The first-order valence-corrected chi connectivity index (χ1v) is 6.63. The Morgan fingerprint density at radius 1 is 1.21 bits per heavy atom. The Kier molecular flexibility index (Phi) is 6.06. The van der Waals surface area contributed by atoms with E-state index in [-0.39, 0.29) is 18.4 Å².